The summed E-state index contributed by atoms with van der Waals surface area (Å²) in [5, 5.41) is 2.07. The summed E-state index contributed by atoms with van der Waals surface area (Å²) >= 11 is 6.07. The monoisotopic (exact) mass is 349 g/mol. The van der Waals surface area contributed by atoms with Crippen molar-refractivity contribution in [3.05, 3.63) is 45.9 Å². The Hall–Kier alpha value is -2.27. The summed E-state index contributed by atoms with van der Waals surface area (Å²) in [7, 11) is 1.34. The van der Waals surface area contributed by atoms with E-state index in [1.165, 1.54) is 12.0 Å². The average Bonchev–Trinajstić information content (AvgIpc) is 2.65. The summed E-state index contributed by atoms with van der Waals surface area (Å²) in [6, 6.07) is 5.29. The summed E-state index contributed by atoms with van der Waals surface area (Å²) in [6.45, 7) is 5.39. The van der Waals surface area contributed by atoms with Crippen LogP contribution in [0.2, 0.25) is 5.02 Å². The third kappa shape index (κ3) is 4.61. The number of benzene rings is 1. The molecule has 1 aromatic rings. The number of hydrogen-bond acceptors (Lipinski definition) is 4. The average molecular weight is 350 g/mol. The first kappa shape index (κ1) is 18.1. The molecule has 0 saturated carbocycles. The van der Waals surface area contributed by atoms with Gasteiger partial charge in [-0.25, -0.2) is 4.79 Å². The van der Waals surface area contributed by atoms with Gasteiger partial charge in [-0.05, 0) is 49.8 Å². The lowest BCUT2D eigenvalue weighted by Crippen LogP contribution is -2.33. The Morgan fingerprint density at radius 3 is 2.58 bits per heavy atom. The van der Waals surface area contributed by atoms with Crippen LogP contribution in [0, 0.1) is 0 Å². The number of halogens is 1. The predicted octanol–water partition coefficient (Wildman–Crippen LogP) is 2.56. The number of nitrogens with zero attached hydrogens (tertiary/aromatic N) is 1. The fourth-order valence-electron chi connectivity index (χ4n) is 2.20. The van der Waals surface area contributed by atoms with E-state index in [1.807, 2.05) is 6.07 Å². The van der Waals surface area contributed by atoms with E-state index in [-0.39, 0.29) is 12.4 Å². The smallest absolute Gasteiger partial charge is 0.418 e. The standard InChI is InChI=1S/C18H20ClNO4/c1-18(2,3)24-17(22)20-8-7-12(10-16(21)23-4)15-6-5-14(19)9-13(15)11-20/h5-9,11H,10H2,1-4H3. The van der Waals surface area contributed by atoms with E-state index in [0.29, 0.717) is 5.02 Å². The molecule has 0 atom stereocenters. The lowest BCUT2D eigenvalue weighted by atomic mass is 10.1. The molecular weight excluding hydrogens is 330 g/mol. The number of carbonyl (C=O) groups excluding carboxylic acids is 2. The van der Waals surface area contributed by atoms with Crippen molar-refractivity contribution in [3.8, 4) is 0 Å². The highest BCUT2D eigenvalue weighted by Gasteiger charge is 2.20. The summed E-state index contributed by atoms with van der Waals surface area (Å²) in [5.41, 5.74) is 0.122. The Bertz CT molecular complexity index is 805. The molecule has 6 heteroatoms. The molecule has 1 heterocycles. The van der Waals surface area contributed by atoms with E-state index in [2.05, 4.69) is 0 Å². The maximum absolute atomic E-state index is 12.3. The molecule has 0 bridgehead atoms. The van der Waals surface area contributed by atoms with Crippen LogP contribution in [0.1, 0.15) is 27.2 Å². The largest absolute Gasteiger partial charge is 0.469 e. The van der Waals surface area contributed by atoms with Gasteiger partial charge < -0.3 is 9.47 Å². The van der Waals surface area contributed by atoms with Gasteiger partial charge >= 0.3 is 12.1 Å². The molecule has 0 unspecified atom stereocenters. The van der Waals surface area contributed by atoms with E-state index in [0.717, 1.165) is 16.0 Å². The van der Waals surface area contributed by atoms with Crippen molar-refractivity contribution in [1.82, 2.24) is 4.90 Å². The third-order valence-electron chi connectivity index (χ3n) is 3.24. The molecule has 0 fully saturated rings. The zero-order valence-electron chi connectivity index (χ0n) is 14.1. The minimum Gasteiger partial charge on any atom is -0.469 e. The first-order valence-electron chi connectivity index (χ1n) is 7.46. The molecule has 0 aromatic heterocycles. The Balaban J connectivity index is 2.50. The van der Waals surface area contributed by atoms with Crippen molar-refractivity contribution in [2.24, 2.45) is 0 Å². The van der Waals surface area contributed by atoms with Crippen LogP contribution in [-0.2, 0) is 14.3 Å². The Morgan fingerprint density at radius 1 is 1.25 bits per heavy atom. The van der Waals surface area contributed by atoms with E-state index < -0.39 is 11.7 Å². The molecule has 0 aliphatic carbocycles. The van der Waals surface area contributed by atoms with Crippen LogP contribution in [-0.4, -0.2) is 29.7 Å². The second kappa shape index (κ2) is 7.09. The molecule has 0 N–H and O–H groups in total. The molecule has 128 valence electrons. The molecule has 0 spiro atoms. The maximum Gasteiger partial charge on any atom is 0.418 e. The number of fused-ring (bicyclic) bond motifs is 1. The third-order valence-corrected chi connectivity index (χ3v) is 3.48. The second-order valence-corrected chi connectivity index (χ2v) is 6.78. The van der Waals surface area contributed by atoms with Crippen molar-refractivity contribution in [1.29, 1.82) is 0 Å². The van der Waals surface area contributed by atoms with E-state index >= 15 is 0 Å². The zero-order chi connectivity index (χ0) is 17.9. The SMILES string of the molecule is COC(=O)CC1=c2ccc(Cl)cc2=CN(C(=O)OC(C)(C)C)C=C1. The molecular formula is C18H20ClNO4. The summed E-state index contributed by atoms with van der Waals surface area (Å²) in [6.07, 6.45) is 4.49. The lowest BCUT2D eigenvalue weighted by molar-refractivity contribution is -0.139. The molecule has 0 radical (unpaired) electrons. The van der Waals surface area contributed by atoms with Crippen LogP contribution in [0.4, 0.5) is 4.79 Å². The van der Waals surface area contributed by atoms with Crippen molar-refractivity contribution >= 4 is 35.4 Å². The number of hydrogen-bond donors (Lipinski definition) is 0. The topological polar surface area (TPSA) is 55.8 Å². The van der Waals surface area contributed by atoms with Gasteiger partial charge in [0.15, 0.2) is 0 Å². The number of allylic oxidation sites excluding steroid dienone is 1. The maximum atomic E-state index is 12.3. The van der Waals surface area contributed by atoms with Gasteiger partial charge in [0.05, 0.1) is 13.5 Å². The van der Waals surface area contributed by atoms with Crippen molar-refractivity contribution in [2.45, 2.75) is 32.8 Å². The van der Waals surface area contributed by atoms with Crippen molar-refractivity contribution in [3.63, 3.8) is 0 Å². The van der Waals surface area contributed by atoms with Gasteiger partial charge in [-0.2, -0.15) is 0 Å². The molecule has 2 rings (SSSR count). The molecule has 5 nitrogen and oxygen atoms in total. The number of esters is 1. The highest BCUT2D eigenvalue weighted by Crippen LogP contribution is 2.14. The Morgan fingerprint density at radius 2 is 1.96 bits per heavy atom. The first-order chi connectivity index (χ1) is 11.2. The van der Waals surface area contributed by atoms with Crippen LogP contribution < -0.4 is 10.4 Å². The molecule has 1 aliphatic rings. The molecule has 24 heavy (non-hydrogen) atoms. The highest BCUT2D eigenvalue weighted by molar-refractivity contribution is 6.30. The van der Waals surface area contributed by atoms with Crippen LogP contribution >= 0.6 is 11.6 Å². The summed E-state index contributed by atoms with van der Waals surface area (Å²) in [5.74, 6) is -0.360. The van der Waals surface area contributed by atoms with Gasteiger partial charge in [-0.15, -0.1) is 0 Å². The van der Waals surface area contributed by atoms with Gasteiger partial charge in [0, 0.05) is 22.6 Å². The number of amides is 1. The van der Waals surface area contributed by atoms with E-state index in [9.17, 15) is 9.59 Å². The summed E-state index contributed by atoms with van der Waals surface area (Å²) < 4.78 is 10.1. The highest BCUT2D eigenvalue weighted by atomic mass is 35.5. The predicted molar refractivity (Wildman–Crippen MR) is 92.4 cm³/mol. The number of rotatable bonds is 2. The van der Waals surface area contributed by atoms with E-state index in [1.54, 1.807) is 51.4 Å². The van der Waals surface area contributed by atoms with Gasteiger partial charge in [-0.3, -0.25) is 9.69 Å². The van der Waals surface area contributed by atoms with Crippen LogP contribution in [0.25, 0.3) is 11.8 Å². The fraction of sp³-hybridized carbons (Fsp3) is 0.333. The lowest BCUT2D eigenvalue weighted by Gasteiger charge is -2.23. The Labute approximate surface area is 145 Å². The number of carbonyl (C=O) groups is 2. The molecule has 1 aliphatic heterocycles. The van der Waals surface area contributed by atoms with E-state index in [4.69, 9.17) is 21.1 Å². The van der Waals surface area contributed by atoms with Crippen molar-refractivity contribution < 1.29 is 19.1 Å². The van der Waals surface area contributed by atoms with Gasteiger partial charge in [0.1, 0.15) is 5.60 Å². The van der Waals surface area contributed by atoms with Crippen molar-refractivity contribution in [2.75, 3.05) is 7.11 Å². The summed E-state index contributed by atoms with van der Waals surface area (Å²) in [4.78, 5) is 25.3. The minimum atomic E-state index is -0.610. The minimum absolute atomic E-state index is 0.0949. The molecule has 1 amide bonds. The first-order valence-corrected chi connectivity index (χ1v) is 7.84. The normalized spacial score (nSPS) is 13.7. The van der Waals surface area contributed by atoms with Gasteiger partial charge in [0.25, 0.3) is 0 Å². The van der Waals surface area contributed by atoms with Crippen LogP contribution in [0.15, 0.2) is 30.5 Å². The van der Waals surface area contributed by atoms with Crippen LogP contribution in [0.5, 0.6) is 0 Å². The quantitative estimate of drug-likeness (QED) is 0.770. The van der Waals surface area contributed by atoms with Crippen LogP contribution in [0.3, 0.4) is 0 Å². The molecule has 1 aromatic carbocycles. The Kier molecular flexibility index (Phi) is 5.34. The van der Waals surface area contributed by atoms with Gasteiger partial charge in [-0.1, -0.05) is 17.7 Å². The number of methoxy groups -OCH3 is 1. The fourth-order valence-corrected chi connectivity index (χ4v) is 2.38. The zero-order valence-corrected chi connectivity index (χ0v) is 14.9. The number of ether oxygens (including phenoxy) is 2. The second-order valence-electron chi connectivity index (χ2n) is 6.34. The molecule has 0 saturated heterocycles. The van der Waals surface area contributed by atoms with Gasteiger partial charge in [0.2, 0.25) is 0 Å².